The second-order valence-electron chi connectivity index (χ2n) is 5.71. The third kappa shape index (κ3) is 4.13. The first-order valence-corrected chi connectivity index (χ1v) is 7.89. The minimum atomic E-state index is -1.03. The number of amides is 1. The molecule has 1 fully saturated rings. The normalized spacial score (nSPS) is 14.4. The molecule has 0 saturated carbocycles. The first-order valence-electron chi connectivity index (χ1n) is 7.89. The average Bonchev–Trinajstić information content (AvgIpc) is 3.01. The number of nitrogens with zero attached hydrogens (tertiary/aromatic N) is 4. The highest BCUT2D eigenvalue weighted by molar-refractivity contribution is 6.03. The van der Waals surface area contributed by atoms with E-state index < -0.39 is 5.97 Å². The number of ether oxygens (including phenoxy) is 1. The third-order valence-corrected chi connectivity index (χ3v) is 3.87. The van der Waals surface area contributed by atoms with E-state index in [1.165, 1.54) is 6.33 Å². The summed E-state index contributed by atoms with van der Waals surface area (Å²) in [6.07, 6.45) is 1.26. The van der Waals surface area contributed by atoms with Gasteiger partial charge in [0, 0.05) is 24.3 Å². The Morgan fingerprint density at radius 1 is 1.32 bits per heavy atom. The average molecular weight is 345 g/mol. The fourth-order valence-electron chi connectivity index (χ4n) is 2.70. The topological polar surface area (TPSA) is 110 Å². The largest absolute Gasteiger partial charge is 0.480 e. The molecule has 2 N–H and O–H groups in total. The number of carboxylic acid groups (broad SMARTS) is 1. The number of hydrogen-bond acceptors (Lipinski definition) is 6. The van der Waals surface area contributed by atoms with Gasteiger partial charge >= 0.3 is 5.97 Å². The minimum absolute atomic E-state index is 0.0705. The lowest BCUT2D eigenvalue weighted by Crippen LogP contribution is -2.36. The maximum atomic E-state index is 12.3. The summed E-state index contributed by atoms with van der Waals surface area (Å²) in [4.78, 5) is 29.1. The number of carboxylic acids is 1. The Hall–Kier alpha value is -2.94. The molecule has 2 aromatic rings. The van der Waals surface area contributed by atoms with Crippen LogP contribution in [-0.2, 0) is 16.1 Å². The van der Waals surface area contributed by atoms with Gasteiger partial charge in [0.15, 0.2) is 0 Å². The maximum Gasteiger partial charge on any atom is 0.325 e. The standard InChI is InChI=1S/C16H19N5O4/c1-11-8-12(2-3-13(11)20-4-6-25-7-5-20)15(24)18-16-17-10-21(19-16)9-14(22)23/h2-3,8,10H,4-7,9H2,1H3,(H,22,23)(H,18,19,24). The van der Waals surface area contributed by atoms with Gasteiger partial charge in [-0.3, -0.25) is 14.9 Å². The van der Waals surface area contributed by atoms with Gasteiger partial charge in [0.25, 0.3) is 5.91 Å². The van der Waals surface area contributed by atoms with Gasteiger partial charge in [-0.1, -0.05) is 0 Å². The van der Waals surface area contributed by atoms with Gasteiger partial charge in [-0.25, -0.2) is 9.67 Å². The van der Waals surface area contributed by atoms with Gasteiger partial charge in [0.2, 0.25) is 5.95 Å². The Bertz CT molecular complexity index is 783. The molecule has 1 aromatic heterocycles. The van der Waals surface area contributed by atoms with Crippen LogP contribution in [0.15, 0.2) is 24.5 Å². The van der Waals surface area contributed by atoms with Crippen molar-refractivity contribution < 1.29 is 19.4 Å². The number of carbonyl (C=O) groups excluding carboxylic acids is 1. The van der Waals surface area contributed by atoms with E-state index in [0.717, 1.165) is 29.0 Å². The second-order valence-corrected chi connectivity index (χ2v) is 5.71. The summed E-state index contributed by atoms with van der Waals surface area (Å²) < 4.78 is 6.50. The van der Waals surface area contributed by atoms with Crippen LogP contribution in [0.5, 0.6) is 0 Å². The van der Waals surface area contributed by atoms with E-state index in [0.29, 0.717) is 18.8 Å². The monoisotopic (exact) mass is 345 g/mol. The van der Waals surface area contributed by atoms with Gasteiger partial charge in [-0.05, 0) is 30.7 Å². The van der Waals surface area contributed by atoms with Crippen LogP contribution in [0, 0.1) is 6.92 Å². The Labute approximate surface area is 144 Å². The molecule has 0 spiro atoms. The molecule has 1 amide bonds. The fraction of sp³-hybridized carbons (Fsp3) is 0.375. The highest BCUT2D eigenvalue weighted by Gasteiger charge is 2.16. The van der Waals surface area contributed by atoms with Crippen molar-refractivity contribution in [2.24, 2.45) is 0 Å². The van der Waals surface area contributed by atoms with Gasteiger partial charge < -0.3 is 14.7 Å². The van der Waals surface area contributed by atoms with E-state index in [1.54, 1.807) is 6.07 Å². The van der Waals surface area contributed by atoms with Crippen LogP contribution < -0.4 is 10.2 Å². The molecule has 9 heteroatoms. The van der Waals surface area contributed by atoms with E-state index in [2.05, 4.69) is 20.3 Å². The zero-order chi connectivity index (χ0) is 17.8. The summed E-state index contributed by atoms with van der Waals surface area (Å²) >= 11 is 0. The van der Waals surface area contributed by atoms with Crippen molar-refractivity contribution in [3.63, 3.8) is 0 Å². The number of carbonyl (C=O) groups is 2. The van der Waals surface area contributed by atoms with Crippen LogP contribution in [0.3, 0.4) is 0 Å². The minimum Gasteiger partial charge on any atom is -0.480 e. The number of anilines is 2. The molecule has 1 aliphatic rings. The molecule has 0 atom stereocenters. The number of aryl methyl sites for hydroxylation is 1. The zero-order valence-electron chi connectivity index (χ0n) is 13.8. The summed E-state index contributed by atoms with van der Waals surface area (Å²) in [5, 5.41) is 15.2. The molecule has 1 aromatic carbocycles. The molecule has 0 unspecified atom stereocenters. The number of rotatable bonds is 5. The number of morpholine rings is 1. The summed E-state index contributed by atoms with van der Waals surface area (Å²) in [7, 11) is 0. The van der Waals surface area contributed by atoms with Crippen LogP contribution in [0.4, 0.5) is 11.6 Å². The molecule has 25 heavy (non-hydrogen) atoms. The van der Waals surface area contributed by atoms with Crippen molar-refractivity contribution in [2.45, 2.75) is 13.5 Å². The van der Waals surface area contributed by atoms with Crippen molar-refractivity contribution in [2.75, 3.05) is 36.5 Å². The van der Waals surface area contributed by atoms with Crippen molar-refractivity contribution in [3.05, 3.63) is 35.7 Å². The molecular formula is C16H19N5O4. The van der Waals surface area contributed by atoms with Gasteiger partial charge in [0.05, 0.1) is 13.2 Å². The van der Waals surface area contributed by atoms with Crippen molar-refractivity contribution in [3.8, 4) is 0 Å². The first-order chi connectivity index (χ1) is 12.0. The van der Waals surface area contributed by atoms with Crippen LogP contribution in [0.1, 0.15) is 15.9 Å². The molecular weight excluding hydrogens is 326 g/mol. The number of hydrogen-bond donors (Lipinski definition) is 2. The maximum absolute atomic E-state index is 12.3. The molecule has 3 rings (SSSR count). The second kappa shape index (κ2) is 7.31. The lowest BCUT2D eigenvalue weighted by molar-refractivity contribution is -0.137. The van der Waals surface area contributed by atoms with Gasteiger partial charge in [0.1, 0.15) is 12.9 Å². The highest BCUT2D eigenvalue weighted by atomic mass is 16.5. The molecule has 0 aliphatic carbocycles. The lowest BCUT2D eigenvalue weighted by Gasteiger charge is -2.30. The lowest BCUT2D eigenvalue weighted by atomic mass is 10.1. The summed E-state index contributed by atoms with van der Waals surface area (Å²) in [6.45, 7) is 4.71. The predicted molar refractivity (Wildman–Crippen MR) is 89.8 cm³/mol. The quantitative estimate of drug-likeness (QED) is 0.823. The van der Waals surface area contributed by atoms with Crippen molar-refractivity contribution >= 4 is 23.5 Å². The first kappa shape index (κ1) is 16.9. The molecule has 1 saturated heterocycles. The van der Waals surface area contributed by atoms with E-state index in [9.17, 15) is 9.59 Å². The third-order valence-electron chi connectivity index (χ3n) is 3.87. The molecule has 0 bridgehead atoms. The van der Waals surface area contributed by atoms with Crippen LogP contribution in [0.2, 0.25) is 0 Å². The Balaban J connectivity index is 1.68. The van der Waals surface area contributed by atoms with Crippen LogP contribution >= 0.6 is 0 Å². The van der Waals surface area contributed by atoms with Crippen LogP contribution in [0.25, 0.3) is 0 Å². The molecule has 1 aliphatic heterocycles. The smallest absolute Gasteiger partial charge is 0.325 e. The molecule has 2 heterocycles. The van der Waals surface area contributed by atoms with E-state index in [4.69, 9.17) is 9.84 Å². The number of aromatic nitrogens is 3. The van der Waals surface area contributed by atoms with E-state index >= 15 is 0 Å². The fourth-order valence-corrected chi connectivity index (χ4v) is 2.70. The Morgan fingerprint density at radius 2 is 2.08 bits per heavy atom. The SMILES string of the molecule is Cc1cc(C(=O)Nc2ncn(CC(=O)O)n2)ccc1N1CCOCC1. The Morgan fingerprint density at radius 3 is 2.76 bits per heavy atom. The number of aliphatic carboxylic acids is 1. The van der Waals surface area contributed by atoms with E-state index in [1.807, 2.05) is 19.1 Å². The van der Waals surface area contributed by atoms with E-state index in [-0.39, 0.29) is 18.4 Å². The predicted octanol–water partition coefficient (Wildman–Crippen LogP) is 0.760. The summed E-state index contributed by atoms with van der Waals surface area (Å²) in [5.41, 5.74) is 2.58. The van der Waals surface area contributed by atoms with Crippen molar-refractivity contribution in [1.82, 2.24) is 14.8 Å². The van der Waals surface area contributed by atoms with Crippen LogP contribution in [-0.4, -0.2) is 58.1 Å². The van der Waals surface area contributed by atoms with Gasteiger partial charge in [-0.2, -0.15) is 0 Å². The van der Waals surface area contributed by atoms with Crippen molar-refractivity contribution in [1.29, 1.82) is 0 Å². The summed E-state index contributed by atoms with van der Waals surface area (Å²) in [5.74, 6) is -1.30. The Kier molecular flexibility index (Phi) is 4.94. The molecule has 132 valence electrons. The number of nitrogens with one attached hydrogen (secondary N) is 1. The molecule has 0 radical (unpaired) electrons. The summed E-state index contributed by atoms with van der Waals surface area (Å²) in [6, 6.07) is 5.49. The van der Waals surface area contributed by atoms with Gasteiger partial charge in [-0.15, -0.1) is 5.10 Å². The zero-order valence-corrected chi connectivity index (χ0v) is 13.8. The number of benzene rings is 1. The highest BCUT2D eigenvalue weighted by Crippen LogP contribution is 2.22. The molecule has 9 nitrogen and oxygen atoms in total.